The average molecular weight is 485 g/mol. The highest BCUT2D eigenvalue weighted by Crippen LogP contribution is 2.34. The van der Waals surface area contributed by atoms with Crippen LogP contribution < -0.4 is 10.5 Å². The van der Waals surface area contributed by atoms with Crippen molar-refractivity contribution in [1.29, 1.82) is 0 Å². The minimum Gasteiger partial charge on any atom is -0.355 e. The highest BCUT2D eigenvalue weighted by molar-refractivity contribution is 8.26. The SMILES string of the molecule is CCCCCCN1C(=O)C(=Cc2c(N3CC(C)CC(C)C3)nc3ccccn3c2=O)SC1=S. The molecule has 2 aromatic rings. The van der Waals surface area contributed by atoms with E-state index in [2.05, 4.69) is 25.7 Å². The lowest BCUT2D eigenvalue weighted by atomic mass is 9.91. The number of thiocarbonyl (C=S) groups is 1. The number of carbonyl (C=O) groups excluding carboxylic acids is 1. The standard InChI is InChI=1S/C25H32N4O2S2/c1-4-5-6-8-12-29-24(31)20(33-25(29)32)14-19-22(27-15-17(2)13-18(3)16-27)26-21-10-7-9-11-28(21)23(19)30/h7,9-11,14,17-18H,4-6,8,12-13,15-16H2,1-3H3. The Kier molecular flexibility index (Phi) is 7.54. The van der Waals surface area contributed by atoms with Crippen LogP contribution in [0.1, 0.15) is 58.4 Å². The van der Waals surface area contributed by atoms with Gasteiger partial charge < -0.3 is 4.90 Å². The largest absolute Gasteiger partial charge is 0.355 e. The first-order valence-electron chi connectivity index (χ1n) is 11.9. The Balaban J connectivity index is 1.73. The van der Waals surface area contributed by atoms with E-state index in [1.165, 1.54) is 11.8 Å². The minimum atomic E-state index is -0.158. The quantitative estimate of drug-likeness (QED) is 0.315. The predicted octanol–water partition coefficient (Wildman–Crippen LogP) is 4.96. The number of carbonyl (C=O) groups is 1. The van der Waals surface area contributed by atoms with Gasteiger partial charge in [-0.05, 0) is 42.9 Å². The molecule has 2 saturated heterocycles. The number of hydrogen-bond acceptors (Lipinski definition) is 6. The van der Waals surface area contributed by atoms with E-state index >= 15 is 0 Å². The van der Waals surface area contributed by atoms with Gasteiger partial charge in [0, 0.05) is 25.8 Å². The smallest absolute Gasteiger partial charge is 0.267 e. The zero-order valence-electron chi connectivity index (χ0n) is 19.6. The summed E-state index contributed by atoms with van der Waals surface area (Å²) in [5, 5.41) is 0. The van der Waals surface area contributed by atoms with Gasteiger partial charge in [0.2, 0.25) is 0 Å². The topological polar surface area (TPSA) is 57.9 Å². The van der Waals surface area contributed by atoms with Crippen LogP contribution in [-0.4, -0.2) is 44.1 Å². The Morgan fingerprint density at radius 3 is 2.64 bits per heavy atom. The molecule has 0 N–H and O–H groups in total. The molecule has 2 unspecified atom stereocenters. The molecule has 0 aromatic carbocycles. The van der Waals surface area contributed by atoms with Gasteiger partial charge >= 0.3 is 0 Å². The molecule has 6 nitrogen and oxygen atoms in total. The number of aromatic nitrogens is 2. The fraction of sp³-hybridized carbons (Fsp3) is 0.520. The normalized spacial score (nSPS) is 22.7. The van der Waals surface area contributed by atoms with Crippen LogP contribution in [0.15, 0.2) is 34.1 Å². The fourth-order valence-electron chi connectivity index (χ4n) is 4.81. The Morgan fingerprint density at radius 1 is 1.15 bits per heavy atom. The molecule has 1 amide bonds. The molecule has 2 aliphatic rings. The van der Waals surface area contributed by atoms with E-state index in [0.717, 1.165) is 45.2 Å². The molecule has 2 atom stereocenters. The maximum Gasteiger partial charge on any atom is 0.267 e. The molecule has 2 aliphatic heterocycles. The summed E-state index contributed by atoms with van der Waals surface area (Å²) >= 11 is 6.79. The minimum absolute atomic E-state index is 0.106. The van der Waals surface area contributed by atoms with E-state index in [9.17, 15) is 9.59 Å². The van der Waals surface area contributed by atoms with Crippen LogP contribution in [0.3, 0.4) is 0 Å². The molecular weight excluding hydrogens is 452 g/mol. The Hall–Kier alpha value is -2.19. The van der Waals surface area contributed by atoms with Gasteiger partial charge in [-0.25, -0.2) is 4.98 Å². The zero-order valence-corrected chi connectivity index (χ0v) is 21.3. The summed E-state index contributed by atoms with van der Waals surface area (Å²) in [6.45, 7) is 8.96. The van der Waals surface area contributed by atoms with Crippen LogP contribution in [0.25, 0.3) is 11.7 Å². The first-order chi connectivity index (χ1) is 15.9. The molecular formula is C25H32N4O2S2. The summed E-state index contributed by atoms with van der Waals surface area (Å²) in [5.74, 6) is 1.58. The second-order valence-corrected chi connectivity index (χ2v) is 11.0. The molecule has 33 heavy (non-hydrogen) atoms. The summed E-state index contributed by atoms with van der Waals surface area (Å²) in [4.78, 5) is 36.0. The summed E-state index contributed by atoms with van der Waals surface area (Å²) in [5.41, 5.74) is 0.921. The lowest BCUT2D eigenvalue weighted by molar-refractivity contribution is -0.122. The van der Waals surface area contributed by atoms with E-state index in [1.54, 1.807) is 21.6 Å². The number of hydrogen-bond donors (Lipinski definition) is 0. The molecule has 0 spiro atoms. The molecule has 2 fully saturated rings. The van der Waals surface area contributed by atoms with Crippen molar-refractivity contribution in [3.05, 3.63) is 45.2 Å². The van der Waals surface area contributed by atoms with E-state index < -0.39 is 0 Å². The van der Waals surface area contributed by atoms with E-state index in [4.69, 9.17) is 17.2 Å². The Bertz CT molecular complexity index is 1130. The van der Waals surface area contributed by atoms with Crippen LogP contribution >= 0.6 is 24.0 Å². The maximum absolute atomic E-state index is 13.5. The summed E-state index contributed by atoms with van der Waals surface area (Å²) in [7, 11) is 0. The molecule has 2 aromatic heterocycles. The molecule has 4 heterocycles. The summed E-state index contributed by atoms with van der Waals surface area (Å²) in [6.07, 6.45) is 8.93. The van der Waals surface area contributed by atoms with Gasteiger partial charge in [0.15, 0.2) is 0 Å². The number of fused-ring (bicyclic) bond motifs is 1. The van der Waals surface area contributed by atoms with E-state index in [0.29, 0.717) is 44.6 Å². The van der Waals surface area contributed by atoms with Crippen molar-refractivity contribution in [2.45, 2.75) is 52.9 Å². The van der Waals surface area contributed by atoms with Gasteiger partial charge in [-0.3, -0.25) is 18.9 Å². The van der Waals surface area contributed by atoms with Crippen LogP contribution in [-0.2, 0) is 4.79 Å². The molecule has 8 heteroatoms. The number of pyridine rings is 1. The summed E-state index contributed by atoms with van der Waals surface area (Å²) in [6, 6.07) is 5.55. The maximum atomic E-state index is 13.5. The molecule has 176 valence electrons. The monoisotopic (exact) mass is 484 g/mol. The summed E-state index contributed by atoms with van der Waals surface area (Å²) < 4.78 is 2.12. The molecule has 0 saturated carbocycles. The van der Waals surface area contributed by atoms with Gasteiger partial charge in [0.1, 0.15) is 15.8 Å². The number of anilines is 1. The van der Waals surface area contributed by atoms with Gasteiger partial charge in [-0.15, -0.1) is 0 Å². The van der Waals surface area contributed by atoms with Crippen molar-refractivity contribution in [3.8, 4) is 0 Å². The van der Waals surface area contributed by atoms with Crippen molar-refractivity contribution >= 4 is 51.7 Å². The highest BCUT2D eigenvalue weighted by atomic mass is 32.2. The number of nitrogens with zero attached hydrogens (tertiary/aromatic N) is 4. The second-order valence-electron chi connectivity index (χ2n) is 9.33. The van der Waals surface area contributed by atoms with Crippen molar-refractivity contribution in [1.82, 2.24) is 14.3 Å². The van der Waals surface area contributed by atoms with Crippen LogP contribution in [0.2, 0.25) is 0 Å². The molecule has 0 bridgehead atoms. The number of thioether (sulfide) groups is 1. The van der Waals surface area contributed by atoms with Gasteiger partial charge in [-0.1, -0.05) is 70.1 Å². The number of amides is 1. The van der Waals surface area contributed by atoms with Crippen molar-refractivity contribution < 1.29 is 4.79 Å². The number of rotatable bonds is 7. The predicted molar refractivity (Wildman–Crippen MR) is 141 cm³/mol. The zero-order chi connectivity index (χ0) is 23.5. The Morgan fingerprint density at radius 2 is 1.91 bits per heavy atom. The third-order valence-corrected chi connectivity index (χ3v) is 7.68. The molecule has 4 rings (SSSR count). The lowest BCUT2D eigenvalue weighted by Crippen LogP contribution is -2.40. The van der Waals surface area contributed by atoms with Crippen molar-refractivity contribution in [2.24, 2.45) is 11.8 Å². The van der Waals surface area contributed by atoms with Gasteiger partial charge in [-0.2, -0.15) is 0 Å². The third kappa shape index (κ3) is 5.17. The van der Waals surface area contributed by atoms with Gasteiger partial charge in [0.05, 0.1) is 10.5 Å². The lowest BCUT2D eigenvalue weighted by Gasteiger charge is -2.36. The van der Waals surface area contributed by atoms with E-state index in [-0.39, 0.29) is 11.5 Å². The highest BCUT2D eigenvalue weighted by Gasteiger charge is 2.33. The van der Waals surface area contributed by atoms with Crippen LogP contribution in [0.4, 0.5) is 5.82 Å². The van der Waals surface area contributed by atoms with Gasteiger partial charge in [0.25, 0.3) is 11.5 Å². The fourth-order valence-corrected chi connectivity index (χ4v) is 6.11. The van der Waals surface area contributed by atoms with E-state index in [1.807, 2.05) is 18.2 Å². The molecule has 0 aliphatic carbocycles. The third-order valence-electron chi connectivity index (χ3n) is 6.30. The average Bonchev–Trinajstić information content (AvgIpc) is 3.05. The van der Waals surface area contributed by atoms with Crippen LogP contribution in [0, 0.1) is 11.8 Å². The first kappa shape index (κ1) is 24.0. The number of unbranched alkanes of at least 4 members (excludes halogenated alkanes) is 3. The first-order valence-corrected chi connectivity index (χ1v) is 13.1. The number of piperidine rings is 1. The second kappa shape index (κ2) is 10.4. The van der Waals surface area contributed by atoms with Crippen molar-refractivity contribution in [2.75, 3.05) is 24.5 Å². The van der Waals surface area contributed by atoms with Crippen molar-refractivity contribution in [3.63, 3.8) is 0 Å². The Labute approximate surface area is 205 Å². The van der Waals surface area contributed by atoms with Crippen LogP contribution in [0.5, 0.6) is 0 Å². The molecule has 0 radical (unpaired) electrons.